The fourth-order valence-electron chi connectivity index (χ4n) is 2.56. The van der Waals surface area contributed by atoms with Gasteiger partial charge in [-0.2, -0.15) is 0 Å². The molecule has 1 heteroatoms. The van der Waals surface area contributed by atoms with Gasteiger partial charge in [0.25, 0.3) is 0 Å². The van der Waals surface area contributed by atoms with E-state index < -0.39 is 0 Å². The summed E-state index contributed by atoms with van der Waals surface area (Å²) < 4.78 is 5.34. The van der Waals surface area contributed by atoms with Crippen LogP contribution in [0.2, 0.25) is 0 Å². The van der Waals surface area contributed by atoms with E-state index in [1.54, 1.807) is 0 Å². The van der Waals surface area contributed by atoms with Gasteiger partial charge in [0.1, 0.15) is 0 Å². The Kier molecular flexibility index (Phi) is 11.4. The smallest absolute Gasteiger partial charge is 0.0465 e. The van der Waals surface area contributed by atoms with Gasteiger partial charge in [-0.1, -0.05) is 75.3 Å². The lowest BCUT2D eigenvalue weighted by atomic mass is 10.0. The summed E-state index contributed by atoms with van der Waals surface area (Å²) in [5.41, 5.74) is 1.49. The average Bonchev–Trinajstić information content (AvgIpc) is 2.49. The van der Waals surface area contributed by atoms with Crippen LogP contribution >= 0.6 is 0 Å². The van der Waals surface area contributed by atoms with E-state index in [1.165, 1.54) is 69.8 Å². The minimum absolute atomic E-state index is 0.864. The second kappa shape index (κ2) is 13.2. The Hall–Kier alpha value is -0.820. The van der Waals surface area contributed by atoms with E-state index in [2.05, 4.69) is 37.3 Å². The Labute approximate surface area is 125 Å². The molecule has 1 nitrogen and oxygen atoms in total. The van der Waals surface area contributed by atoms with Crippen LogP contribution in [0, 0.1) is 0 Å². The quantitative estimate of drug-likeness (QED) is 0.415. The summed E-state index contributed by atoms with van der Waals surface area (Å²) >= 11 is 0. The van der Waals surface area contributed by atoms with Gasteiger partial charge < -0.3 is 4.74 Å². The van der Waals surface area contributed by atoms with Gasteiger partial charge in [-0.3, -0.25) is 0 Å². The fourth-order valence-corrected chi connectivity index (χ4v) is 2.56. The summed E-state index contributed by atoms with van der Waals surface area (Å²) in [6.07, 6.45) is 13.6. The van der Waals surface area contributed by atoms with Crippen molar-refractivity contribution in [3.63, 3.8) is 0 Å². The Morgan fingerprint density at radius 2 is 1.25 bits per heavy atom. The summed E-state index contributed by atoms with van der Waals surface area (Å²) in [5.74, 6) is 0. The molecule has 1 rings (SSSR count). The highest BCUT2D eigenvalue weighted by atomic mass is 16.5. The number of unbranched alkanes of at least 4 members (excludes halogenated alkanes) is 8. The molecule has 0 aliphatic heterocycles. The summed E-state index contributed by atoms with van der Waals surface area (Å²) in [6.45, 7) is 3.89. The van der Waals surface area contributed by atoms with E-state index in [0.29, 0.717) is 0 Å². The summed E-state index contributed by atoms with van der Waals surface area (Å²) in [5, 5.41) is 0. The Bertz CT molecular complexity index is 294. The van der Waals surface area contributed by atoms with Gasteiger partial charge in [-0.05, 0) is 31.7 Å². The SMILES string of the molecule is CCOCCCCCCCCCCCc1ccccc1. The molecule has 0 bridgehead atoms. The third kappa shape index (κ3) is 10.0. The van der Waals surface area contributed by atoms with Gasteiger partial charge in [0.15, 0.2) is 0 Å². The molecule has 0 aliphatic rings. The maximum Gasteiger partial charge on any atom is 0.0465 e. The van der Waals surface area contributed by atoms with Crippen LogP contribution in [0.25, 0.3) is 0 Å². The first-order valence-corrected chi connectivity index (χ1v) is 8.55. The second-order valence-corrected chi connectivity index (χ2v) is 5.61. The van der Waals surface area contributed by atoms with Crippen molar-refractivity contribution in [3.05, 3.63) is 35.9 Å². The molecule has 0 N–H and O–H groups in total. The van der Waals surface area contributed by atoms with Crippen LogP contribution in [0.4, 0.5) is 0 Å². The van der Waals surface area contributed by atoms with Gasteiger partial charge >= 0.3 is 0 Å². The number of hydrogen-bond acceptors (Lipinski definition) is 1. The minimum atomic E-state index is 0.864. The molecule has 1 aromatic carbocycles. The highest BCUT2D eigenvalue weighted by molar-refractivity contribution is 5.14. The molecule has 0 unspecified atom stereocenters. The normalized spacial score (nSPS) is 10.8. The Balaban J connectivity index is 1.77. The molecular weight excluding hydrogens is 244 g/mol. The van der Waals surface area contributed by atoms with Crippen LogP contribution in [-0.2, 0) is 11.2 Å². The molecule has 1 aromatic rings. The van der Waals surface area contributed by atoms with Crippen molar-refractivity contribution in [2.45, 2.75) is 71.1 Å². The van der Waals surface area contributed by atoms with Gasteiger partial charge in [-0.25, -0.2) is 0 Å². The monoisotopic (exact) mass is 276 g/mol. The molecule has 20 heavy (non-hydrogen) atoms. The predicted molar refractivity (Wildman–Crippen MR) is 88.2 cm³/mol. The Morgan fingerprint density at radius 1 is 0.700 bits per heavy atom. The van der Waals surface area contributed by atoms with Crippen LogP contribution in [0.3, 0.4) is 0 Å². The van der Waals surface area contributed by atoms with E-state index in [9.17, 15) is 0 Å². The molecule has 0 heterocycles. The van der Waals surface area contributed by atoms with Crippen molar-refractivity contribution >= 4 is 0 Å². The molecule has 0 atom stereocenters. The van der Waals surface area contributed by atoms with Crippen molar-refractivity contribution in [2.24, 2.45) is 0 Å². The van der Waals surface area contributed by atoms with Crippen molar-refractivity contribution in [1.29, 1.82) is 0 Å². The molecule has 0 aromatic heterocycles. The van der Waals surface area contributed by atoms with E-state index in [4.69, 9.17) is 4.74 Å². The van der Waals surface area contributed by atoms with Crippen molar-refractivity contribution < 1.29 is 4.74 Å². The molecule has 0 amide bonds. The third-order valence-corrected chi connectivity index (χ3v) is 3.80. The zero-order valence-electron chi connectivity index (χ0n) is 13.3. The molecule has 0 spiro atoms. The van der Waals surface area contributed by atoms with E-state index in [1.807, 2.05) is 0 Å². The largest absolute Gasteiger partial charge is 0.382 e. The highest BCUT2D eigenvalue weighted by Gasteiger charge is 1.94. The minimum Gasteiger partial charge on any atom is -0.382 e. The molecule has 0 fully saturated rings. The number of ether oxygens (including phenoxy) is 1. The Morgan fingerprint density at radius 3 is 1.85 bits per heavy atom. The van der Waals surface area contributed by atoms with Gasteiger partial charge in [0.05, 0.1) is 0 Å². The molecule has 0 radical (unpaired) electrons. The lowest BCUT2D eigenvalue weighted by Gasteiger charge is -2.03. The number of hydrogen-bond donors (Lipinski definition) is 0. The molecule has 0 aliphatic carbocycles. The number of rotatable bonds is 13. The van der Waals surface area contributed by atoms with E-state index >= 15 is 0 Å². The van der Waals surface area contributed by atoms with Gasteiger partial charge in [-0.15, -0.1) is 0 Å². The first-order chi connectivity index (χ1) is 9.93. The second-order valence-electron chi connectivity index (χ2n) is 5.61. The highest BCUT2D eigenvalue weighted by Crippen LogP contribution is 2.11. The summed E-state index contributed by atoms with van der Waals surface area (Å²) in [7, 11) is 0. The standard InChI is InChI=1S/C19H32O/c1-2-20-18-14-9-7-5-3-4-6-8-11-15-19-16-12-10-13-17-19/h10,12-13,16-17H,2-9,11,14-15,18H2,1H3. The lowest BCUT2D eigenvalue weighted by molar-refractivity contribution is 0.143. The first kappa shape index (κ1) is 17.2. The fraction of sp³-hybridized carbons (Fsp3) is 0.684. The molecule has 0 saturated carbocycles. The van der Waals surface area contributed by atoms with Crippen LogP contribution in [0.1, 0.15) is 70.3 Å². The number of aryl methyl sites for hydroxylation is 1. The summed E-state index contributed by atoms with van der Waals surface area (Å²) in [4.78, 5) is 0. The number of benzene rings is 1. The topological polar surface area (TPSA) is 9.23 Å². The average molecular weight is 276 g/mol. The van der Waals surface area contributed by atoms with E-state index in [0.717, 1.165) is 13.2 Å². The lowest BCUT2D eigenvalue weighted by Crippen LogP contribution is -1.92. The van der Waals surface area contributed by atoms with Crippen LogP contribution < -0.4 is 0 Å². The molecule has 0 saturated heterocycles. The zero-order chi connectivity index (χ0) is 14.3. The van der Waals surface area contributed by atoms with Crippen molar-refractivity contribution in [2.75, 3.05) is 13.2 Å². The molecule has 114 valence electrons. The van der Waals surface area contributed by atoms with Crippen LogP contribution in [0.15, 0.2) is 30.3 Å². The third-order valence-electron chi connectivity index (χ3n) is 3.80. The maximum atomic E-state index is 5.34. The van der Waals surface area contributed by atoms with E-state index in [-0.39, 0.29) is 0 Å². The first-order valence-electron chi connectivity index (χ1n) is 8.55. The van der Waals surface area contributed by atoms with Crippen molar-refractivity contribution in [1.82, 2.24) is 0 Å². The molecular formula is C19H32O. The summed E-state index contributed by atoms with van der Waals surface area (Å²) in [6, 6.07) is 10.9. The van der Waals surface area contributed by atoms with Crippen LogP contribution in [0.5, 0.6) is 0 Å². The zero-order valence-corrected chi connectivity index (χ0v) is 13.3. The van der Waals surface area contributed by atoms with Crippen LogP contribution in [-0.4, -0.2) is 13.2 Å². The van der Waals surface area contributed by atoms with Gasteiger partial charge in [0, 0.05) is 13.2 Å². The van der Waals surface area contributed by atoms with Crippen molar-refractivity contribution in [3.8, 4) is 0 Å². The predicted octanol–water partition coefficient (Wildman–Crippen LogP) is 5.78. The van der Waals surface area contributed by atoms with Gasteiger partial charge in [0.2, 0.25) is 0 Å². The maximum absolute atomic E-state index is 5.34.